The topological polar surface area (TPSA) is 65.7 Å². The van der Waals surface area contributed by atoms with Gasteiger partial charge in [0.2, 0.25) is 11.1 Å². The molecular formula is C10H12ClN5O. The van der Waals surface area contributed by atoms with Gasteiger partial charge in [-0.15, -0.1) is 0 Å². The van der Waals surface area contributed by atoms with Gasteiger partial charge in [-0.25, -0.2) is 4.98 Å². The van der Waals surface area contributed by atoms with Gasteiger partial charge in [0.05, 0.1) is 6.10 Å². The lowest BCUT2D eigenvalue weighted by atomic mass is 10.5. The Kier molecular flexibility index (Phi) is 3.23. The van der Waals surface area contributed by atoms with E-state index >= 15 is 0 Å². The lowest BCUT2D eigenvalue weighted by molar-refractivity contribution is 0.221. The summed E-state index contributed by atoms with van der Waals surface area (Å²) in [7, 11) is 1.85. The second-order valence-corrected chi connectivity index (χ2v) is 4.08. The first-order valence-electron chi connectivity index (χ1n) is 5.12. The molecule has 0 N–H and O–H groups in total. The summed E-state index contributed by atoms with van der Waals surface area (Å²) in [5, 5.41) is 0.0913. The van der Waals surface area contributed by atoms with Gasteiger partial charge >= 0.3 is 6.01 Å². The molecule has 0 spiro atoms. The zero-order valence-electron chi connectivity index (χ0n) is 9.75. The fourth-order valence-corrected chi connectivity index (χ4v) is 1.43. The lowest BCUT2D eigenvalue weighted by Gasteiger charge is -2.08. The summed E-state index contributed by atoms with van der Waals surface area (Å²) in [5.74, 6) is 1.01. The second kappa shape index (κ2) is 4.67. The van der Waals surface area contributed by atoms with Gasteiger partial charge in [0.1, 0.15) is 0 Å². The highest BCUT2D eigenvalue weighted by molar-refractivity contribution is 6.28. The van der Waals surface area contributed by atoms with Crippen LogP contribution >= 0.6 is 11.6 Å². The van der Waals surface area contributed by atoms with Gasteiger partial charge in [-0.1, -0.05) is 0 Å². The van der Waals surface area contributed by atoms with Gasteiger partial charge in [0, 0.05) is 19.4 Å². The molecule has 0 fully saturated rings. The Labute approximate surface area is 104 Å². The highest BCUT2D eigenvalue weighted by Crippen LogP contribution is 2.17. The Hall–Kier alpha value is -1.69. The number of ether oxygens (including phenoxy) is 1. The molecule has 17 heavy (non-hydrogen) atoms. The molecule has 2 rings (SSSR count). The first-order chi connectivity index (χ1) is 8.06. The van der Waals surface area contributed by atoms with Gasteiger partial charge in [0.15, 0.2) is 5.82 Å². The number of aryl methyl sites for hydroxylation is 1. The van der Waals surface area contributed by atoms with Gasteiger partial charge < -0.3 is 9.30 Å². The molecule has 0 aliphatic heterocycles. The first kappa shape index (κ1) is 11.8. The lowest BCUT2D eigenvalue weighted by Crippen LogP contribution is -2.10. The van der Waals surface area contributed by atoms with E-state index in [-0.39, 0.29) is 17.4 Å². The van der Waals surface area contributed by atoms with Crippen molar-refractivity contribution in [2.45, 2.75) is 20.0 Å². The third-order valence-electron chi connectivity index (χ3n) is 1.95. The number of rotatable bonds is 3. The van der Waals surface area contributed by atoms with Crippen molar-refractivity contribution in [3.8, 4) is 17.7 Å². The standard InChI is InChI=1S/C10H12ClN5O/c1-6(2)17-10-14-7(13-9(11)15-10)8-12-4-5-16(8)3/h4-6H,1-3H3. The van der Waals surface area contributed by atoms with Crippen LogP contribution in [0.15, 0.2) is 12.4 Å². The normalized spacial score (nSPS) is 10.9. The van der Waals surface area contributed by atoms with Crippen LogP contribution in [-0.4, -0.2) is 30.6 Å². The Morgan fingerprint density at radius 3 is 2.65 bits per heavy atom. The van der Waals surface area contributed by atoms with Crippen molar-refractivity contribution >= 4 is 11.6 Å². The molecule has 2 aromatic heterocycles. The zero-order valence-corrected chi connectivity index (χ0v) is 10.5. The van der Waals surface area contributed by atoms with E-state index in [1.807, 2.05) is 20.9 Å². The molecule has 0 unspecified atom stereocenters. The number of imidazole rings is 1. The molecule has 90 valence electrons. The molecule has 0 aromatic carbocycles. The summed E-state index contributed by atoms with van der Waals surface area (Å²) in [6.07, 6.45) is 3.44. The van der Waals surface area contributed by atoms with Gasteiger partial charge in [0.25, 0.3) is 0 Å². The molecule has 0 saturated carbocycles. The fourth-order valence-electron chi connectivity index (χ4n) is 1.28. The molecule has 2 heterocycles. The number of hydrogen-bond acceptors (Lipinski definition) is 5. The molecule has 0 radical (unpaired) electrons. The van der Waals surface area contributed by atoms with Gasteiger partial charge in [-0.05, 0) is 25.4 Å². The van der Waals surface area contributed by atoms with Crippen LogP contribution in [0.25, 0.3) is 11.6 Å². The zero-order chi connectivity index (χ0) is 12.4. The summed E-state index contributed by atoms with van der Waals surface area (Å²) in [4.78, 5) is 16.2. The van der Waals surface area contributed by atoms with Crippen molar-refractivity contribution in [3.63, 3.8) is 0 Å². The van der Waals surface area contributed by atoms with Crippen molar-refractivity contribution in [1.82, 2.24) is 24.5 Å². The van der Waals surface area contributed by atoms with E-state index in [1.54, 1.807) is 17.0 Å². The Morgan fingerprint density at radius 1 is 1.29 bits per heavy atom. The van der Waals surface area contributed by atoms with Crippen molar-refractivity contribution in [1.29, 1.82) is 0 Å². The number of aromatic nitrogens is 5. The van der Waals surface area contributed by atoms with E-state index in [4.69, 9.17) is 16.3 Å². The van der Waals surface area contributed by atoms with E-state index in [0.717, 1.165) is 0 Å². The first-order valence-corrected chi connectivity index (χ1v) is 5.50. The number of halogens is 1. The Balaban J connectivity index is 2.42. The average molecular weight is 254 g/mol. The summed E-state index contributed by atoms with van der Waals surface area (Å²) >= 11 is 5.82. The van der Waals surface area contributed by atoms with E-state index in [1.165, 1.54) is 0 Å². The van der Waals surface area contributed by atoms with Crippen LogP contribution in [0.4, 0.5) is 0 Å². The summed E-state index contributed by atoms with van der Waals surface area (Å²) < 4.78 is 7.19. The minimum Gasteiger partial charge on any atom is -0.461 e. The van der Waals surface area contributed by atoms with Crippen LogP contribution < -0.4 is 4.74 Å². The average Bonchev–Trinajstić information content (AvgIpc) is 2.62. The van der Waals surface area contributed by atoms with Crippen LogP contribution in [0.5, 0.6) is 6.01 Å². The Bertz CT molecular complexity index is 525. The number of nitrogens with zero attached hydrogens (tertiary/aromatic N) is 5. The van der Waals surface area contributed by atoms with Crippen LogP contribution in [-0.2, 0) is 7.05 Å². The molecular weight excluding hydrogens is 242 g/mol. The molecule has 0 saturated heterocycles. The van der Waals surface area contributed by atoms with E-state index in [9.17, 15) is 0 Å². The van der Waals surface area contributed by atoms with Gasteiger partial charge in [-0.2, -0.15) is 15.0 Å². The summed E-state index contributed by atoms with van der Waals surface area (Å²) in [6.45, 7) is 3.77. The van der Waals surface area contributed by atoms with E-state index in [0.29, 0.717) is 11.6 Å². The van der Waals surface area contributed by atoms with Crippen molar-refractivity contribution in [3.05, 3.63) is 17.7 Å². The molecule has 2 aromatic rings. The maximum atomic E-state index is 5.82. The monoisotopic (exact) mass is 253 g/mol. The van der Waals surface area contributed by atoms with Crippen molar-refractivity contribution in [2.75, 3.05) is 0 Å². The maximum absolute atomic E-state index is 5.82. The highest BCUT2D eigenvalue weighted by Gasteiger charge is 2.12. The highest BCUT2D eigenvalue weighted by atomic mass is 35.5. The van der Waals surface area contributed by atoms with Crippen LogP contribution in [0.1, 0.15) is 13.8 Å². The molecule has 0 atom stereocenters. The fraction of sp³-hybridized carbons (Fsp3) is 0.400. The van der Waals surface area contributed by atoms with Gasteiger partial charge in [-0.3, -0.25) is 0 Å². The molecule has 0 amide bonds. The second-order valence-electron chi connectivity index (χ2n) is 3.74. The predicted octanol–water partition coefficient (Wildman–Crippen LogP) is 1.71. The molecule has 0 aliphatic rings. The van der Waals surface area contributed by atoms with Crippen LogP contribution in [0.2, 0.25) is 5.28 Å². The molecule has 0 bridgehead atoms. The van der Waals surface area contributed by atoms with Crippen molar-refractivity contribution < 1.29 is 4.74 Å². The summed E-state index contributed by atoms with van der Waals surface area (Å²) in [5.41, 5.74) is 0. The number of hydrogen-bond donors (Lipinski definition) is 0. The maximum Gasteiger partial charge on any atom is 0.321 e. The molecule has 0 aliphatic carbocycles. The quantitative estimate of drug-likeness (QED) is 0.833. The minimum absolute atomic E-state index is 0.0253. The molecule has 6 nitrogen and oxygen atoms in total. The van der Waals surface area contributed by atoms with Crippen LogP contribution in [0, 0.1) is 0 Å². The van der Waals surface area contributed by atoms with E-state index in [2.05, 4.69) is 19.9 Å². The predicted molar refractivity (Wildman–Crippen MR) is 62.8 cm³/mol. The SMILES string of the molecule is CC(C)Oc1nc(Cl)nc(-c2nccn2C)n1. The van der Waals surface area contributed by atoms with Crippen LogP contribution in [0.3, 0.4) is 0 Å². The smallest absolute Gasteiger partial charge is 0.321 e. The van der Waals surface area contributed by atoms with E-state index < -0.39 is 0 Å². The summed E-state index contributed by atoms with van der Waals surface area (Å²) in [6, 6.07) is 0.206. The third kappa shape index (κ3) is 2.71. The Morgan fingerprint density at radius 2 is 2.06 bits per heavy atom. The third-order valence-corrected chi connectivity index (χ3v) is 2.12. The van der Waals surface area contributed by atoms with Crippen molar-refractivity contribution in [2.24, 2.45) is 7.05 Å². The molecule has 7 heteroatoms. The largest absolute Gasteiger partial charge is 0.461 e. The minimum atomic E-state index is -0.0253.